The fourth-order valence-corrected chi connectivity index (χ4v) is 1.39. The minimum absolute atomic E-state index is 0.0373. The van der Waals surface area contributed by atoms with E-state index in [2.05, 4.69) is 0 Å². The second-order valence-corrected chi connectivity index (χ2v) is 3.54. The van der Waals surface area contributed by atoms with Gasteiger partial charge in [0.05, 0.1) is 7.11 Å². The van der Waals surface area contributed by atoms with Gasteiger partial charge in [0, 0.05) is 12.0 Å². The van der Waals surface area contributed by atoms with E-state index >= 15 is 0 Å². The minimum atomic E-state index is -2.75. The predicted octanol–water partition coefficient (Wildman–Crippen LogP) is 3.98. The molecule has 0 bridgehead atoms. The average molecular weight is 214 g/mol. The quantitative estimate of drug-likeness (QED) is 0.720. The third kappa shape index (κ3) is 3.18. The molecule has 0 aliphatic rings. The van der Waals surface area contributed by atoms with Crippen LogP contribution < -0.4 is 4.74 Å². The Morgan fingerprint density at radius 1 is 1.33 bits per heavy atom. The van der Waals surface area contributed by atoms with Gasteiger partial charge in [0.1, 0.15) is 5.75 Å². The predicted molar refractivity (Wildman–Crippen MR) is 56.4 cm³/mol. The van der Waals surface area contributed by atoms with Gasteiger partial charge in [-0.25, -0.2) is 8.78 Å². The third-order valence-electron chi connectivity index (χ3n) is 2.34. The molecule has 0 radical (unpaired) electrons. The monoisotopic (exact) mass is 214 g/mol. The molecule has 1 aromatic carbocycles. The van der Waals surface area contributed by atoms with Gasteiger partial charge >= 0.3 is 0 Å². The van der Waals surface area contributed by atoms with Gasteiger partial charge in [-0.05, 0) is 18.6 Å². The van der Waals surface area contributed by atoms with E-state index in [0.717, 1.165) is 6.42 Å². The van der Waals surface area contributed by atoms with Gasteiger partial charge in [0.2, 0.25) is 0 Å². The zero-order chi connectivity index (χ0) is 11.3. The Kier molecular flexibility index (Phi) is 4.06. The van der Waals surface area contributed by atoms with Crippen molar-refractivity contribution in [3.05, 3.63) is 29.8 Å². The maximum Gasteiger partial charge on any atom is 0.273 e. The molecule has 0 atom stereocenters. The summed E-state index contributed by atoms with van der Waals surface area (Å²) in [5.74, 6) is -2.27. The summed E-state index contributed by atoms with van der Waals surface area (Å²) in [7, 11) is 1.48. The van der Waals surface area contributed by atoms with Crippen molar-refractivity contribution in [1.29, 1.82) is 0 Å². The fraction of sp³-hybridized carbons (Fsp3) is 0.500. The van der Waals surface area contributed by atoms with Gasteiger partial charge in [-0.15, -0.1) is 0 Å². The summed E-state index contributed by atoms with van der Waals surface area (Å²) in [6.07, 6.45) is 1.21. The summed E-state index contributed by atoms with van der Waals surface area (Å²) < 4.78 is 32.1. The highest BCUT2D eigenvalue weighted by atomic mass is 19.3. The number of halogens is 2. The summed E-state index contributed by atoms with van der Waals surface area (Å²) in [5.41, 5.74) is 0.0373. The van der Waals surface area contributed by atoms with Crippen LogP contribution in [-0.4, -0.2) is 7.11 Å². The molecule has 1 nitrogen and oxygen atoms in total. The molecule has 3 heteroatoms. The lowest BCUT2D eigenvalue weighted by Crippen LogP contribution is -2.13. The normalized spacial score (nSPS) is 11.5. The first-order chi connectivity index (χ1) is 7.10. The van der Waals surface area contributed by atoms with E-state index in [0.29, 0.717) is 12.2 Å². The number of rotatable bonds is 5. The van der Waals surface area contributed by atoms with Crippen LogP contribution in [0, 0.1) is 0 Å². The van der Waals surface area contributed by atoms with Crippen molar-refractivity contribution in [3.8, 4) is 5.75 Å². The SMILES string of the molecule is CCCCC(F)(F)c1cccc(OC)c1. The van der Waals surface area contributed by atoms with Gasteiger partial charge in [-0.1, -0.05) is 25.5 Å². The van der Waals surface area contributed by atoms with E-state index in [4.69, 9.17) is 4.74 Å². The molecular formula is C12H16F2O. The Bertz CT molecular complexity index is 310. The molecule has 0 saturated carbocycles. The maximum absolute atomic E-state index is 13.6. The molecule has 0 spiro atoms. The van der Waals surface area contributed by atoms with Gasteiger partial charge in [-0.3, -0.25) is 0 Å². The maximum atomic E-state index is 13.6. The zero-order valence-corrected chi connectivity index (χ0v) is 9.09. The van der Waals surface area contributed by atoms with Crippen LogP contribution >= 0.6 is 0 Å². The smallest absolute Gasteiger partial charge is 0.273 e. The molecule has 0 saturated heterocycles. The number of alkyl halides is 2. The second-order valence-electron chi connectivity index (χ2n) is 3.54. The molecule has 0 aliphatic carbocycles. The van der Waals surface area contributed by atoms with E-state index in [1.54, 1.807) is 12.1 Å². The third-order valence-corrected chi connectivity index (χ3v) is 2.34. The van der Waals surface area contributed by atoms with Gasteiger partial charge in [-0.2, -0.15) is 0 Å². The van der Waals surface area contributed by atoms with Crippen molar-refractivity contribution in [1.82, 2.24) is 0 Å². The molecule has 0 unspecified atom stereocenters. The molecule has 0 aliphatic heterocycles. The highest BCUT2D eigenvalue weighted by molar-refractivity contribution is 5.31. The summed E-state index contributed by atoms with van der Waals surface area (Å²) in [6.45, 7) is 1.90. The van der Waals surface area contributed by atoms with Gasteiger partial charge in [0.15, 0.2) is 0 Å². The first kappa shape index (κ1) is 12.0. The zero-order valence-electron chi connectivity index (χ0n) is 9.09. The Hall–Kier alpha value is -1.12. The summed E-state index contributed by atoms with van der Waals surface area (Å²) in [5, 5.41) is 0. The van der Waals surface area contributed by atoms with Crippen LogP contribution in [-0.2, 0) is 5.92 Å². The number of ether oxygens (including phenoxy) is 1. The van der Waals surface area contributed by atoms with E-state index in [1.165, 1.54) is 19.2 Å². The minimum Gasteiger partial charge on any atom is -0.497 e. The van der Waals surface area contributed by atoms with Gasteiger partial charge in [0.25, 0.3) is 5.92 Å². The van der Waals surface area contributed by atoms with Crippen LogP contribution in [0.4, 0.5) is 8.78 Å². The molecule has 15 heavy (non-hydrogen) atoms. The Morgan fingerprint density at radius 2 is 2.07 bits per heavy atom. The van der Waals surface area contributed by atoms with E-state index in [9.17, 15) is 8.78 Å². The average Bonchev–Trinajstić information content (AvgIpc) is 2.26. The number of unbranched alkanes of at least 4 members (excludes halogenated alkanes) is 1. The lowest BCUT2D eigenvalue weighted by atomic mass is 10.0. The van der Waals surface area contributed by atoms with Crippen LogP contribution in [0.1, 0.15) is 31.7 Å². The van der Waals surface area contributed by atoms with Crippen LogP contribution in [0.25, 0.3) is 0 Å². The largest absolute Gasteiger partial charge is 0.497 e. The van der Waals surface area contributed by atoms with Crippen LogP contribution in [0.5, 0.6) is 5.75 Å². The van der Waals surface area contributed by atoms with Crippen molar-refractivity contribution in [3.63, 3.8) is 0 Å². The first-order valence-electron chi connectivity index (χ1n) is 5.12. The lowest BCUT2D eigenvalue weighted by molar-refractivity contribution is -0.0155. The Labute approximate surface area is 89.1 Å². The summed E-state index contributed by atoms with van der Waals surface area (Å²) >= 11 is 0. The second kappa shape index (κ2) is 5.10. The topological polar surface area (TPSA) is 9.23 Å². The van der Waals surface area contributed by atoms with E-state index < -0.39 is 5.92 Å². The van der Waals surface area contributed by atoms with Crippen LogP contribution in [0.2, 0.25) is 0 Å². The molecular weight excluding hydrogens is 198 g/mol. The molecule has 0 N–H and O–H groups in total. The molecule has 1 rings (SSSR count). The standard InChI is InChI=1S/C12H16F2O/c1-3-4-8-12(13,14)10-6-5-7-11(9-10)15-2/h5-7,9H,3-4,8H2,1-2H3. The molecule has 0 amide bonds. The first-order valence-corrected chi connectivity index (χ1v) is 5.12. The van der Waals surface area contributed by atoms with Crippen LogP contribution in [0.15, 0.2) is 24.3 Å². The van der Waals surface area contributed by atoms with Crippen molar-refractivity contribution in [2.75, 3.05) is 7.11 Å². The molecule has 0 aromatic heterocycles. The number of hydrogen-bond donors (Lipinski definition) is 0. The molecule has 0 fully saturated rings. The van der Waals surface area contributed by atoms with Crippen molar-refractivity contribution >= 4 is 0 Å². The Morgan fingerprint density at radius 3 is 2.67 bits per heavy atom. The van der Waals surface area contributed by atoms with Crippen molar-refractivity contribution < 1.29 is 13.5 Å². The van der Waals surface area contributed by atoms with E-state index in [-0.39, 0.29) is 12.0 Å². The fourth-order valence-electron chi connectivity index (χ4n) is 1.39. The number of benzene rings is 1. The molecule has 1 aromatic rings. The number of hydrogen-bond acceptors (Lipinski definition) is 1. The highest BCUT2D eigenvalue weighted by Gasteiger charge is 2.30. The number of methoxy groups -OCH3 is 1. The van der Waals surface area contributed by atoms with Crippen molar-refractivity contribution in [2.45, 2.75) is 32.1 Å². The Balaban J connectivity index is 2.83. The summed E-state index contributed by atoms with van der Waals surface area (Å²) in [4.78, 5) is 0. The molecule has 84 valence electrons. The summed E-state index contributed by atoms with van der Waals surface area (Å²) in [6, 6.07) is 6.10. The van der Waals surface area contributed by atoms with Crippen molar-refractivity contribution in [2.24, 2.45) is 0 Å². The highest BCUT2D eigenvalue weighted by Crippen LogP contribution is 2.34. The molecule has 0 heterocycles. The van der Waals surface area contributed by atoms with E-state index in [1.807, 2.05) is 6.92 Å². The van der Waals surface area contributed by atoms with Gasteiger partial charge < -0.3 is 4.74 Å². The van der Waals surface area contributed by atoms with Crippen LogP contribution in [0.3, 0.4) is 0 Å². The lowest BCUT2D eigenvalue weighted by Gasteiger charge is -2.16.